The van der Waals surface area contributed by atoms with E-state index in [1.54, 1.807) is 6.07 Å². The Morgan fingerprint density at radius 3 is 2.95 bits per heavy atom. The first-order valence-corrected chi connectivity index (χ1v) is 8.03. The van der Waals surface area contributed by atoms with Crippen molar-refractivity contribution in [3.8, 4) is 5.75 Å². The highest BCUT2D eigenvalue weighted by Crippen LogP contribution is 2.39. The van der Waals surface area contributed by atoms with Gasteiger partial charge < -0.3 is 10.5 Å². The summed E-state index contributed by atoms with van der Waals surface area (Å²) in [6, 6.07) is 12.7. The first kappa shape index (κ1) is 14.4. The molecule has 21 heavy (non-hydrogen) atoms. The van der Waals surface area contributed by atoms with Crippen molar-refractivity contribution in [1.82, 2.24) is 0 Å². The normalized spacial score (nSPS) is 18.3. The van der Waals surface area contributed by atoms with Gasteiger partial charge in [-0.3, -0.25) is 0 Å². The Morgan fingerprint density at radius 1 is 1.33 bits per heavy atom. The van der Waals surface area contributed by atoms with Gasteiger partial charge in [-0.2, -0.15) is 0 Å². The van der Waals surface area contributed by atoms with Crippen LogP contribution in [-0.2, 0) is 0 Å². The second-order valence-electron chi connectivity index (χ2n) is 5.33. The third-order valence-electron chi connectivity index (χ3n) is 3.71. The van der Waals surface area contributed by atoms with Gasteiger partial charge in [-0.05, 0) is 24.6 Å². The second kappa shape index (κ2) is 6.08. The summed E-state index contributed by atoms with van der Waals surface area (Å²) in [7, 11) is 0. The lowest BCUT2D eigenvalue weighted by molar-refractivity contribution is 0.292. The van der Waals surface area contributed by atoms with Crippen molar-refractivity contribution in [3.05, 3.63) is 59.4 Å². The molecule has 0 spiro atoms. The summed E-state index contributed by atoms with van der Waals surface area (Å²) in [5, 5.41) is 0. The maximum atomic E-state index is 13.4. The molecule has 2 aromatic carbocycles. The van der Waals surface area contributed by atoms with E-state index in [2.05, 4.69) is 18.2 Å². The molecular weight excluding hydrogens is 285 g/mol. The minimum atomic E-state index is -0.296. The van der Waals surface area contributed by atoms with E-state index in [4.69, 9.17) is 10.5 Å². The number of fused-ring (bicyclic) bond motifs is 1. The van der Waals surface area contributed by atoms with E-state index in [1.807, 2.05) is 24.8 Å². The monoisotopic (exact) mass is 303 g/mol. The van der Waals surface area contributed by atoms with Crippen molar-refractivity contribution in [3.63, 3.8) is 0 Å². The van der Waals surface area contributed by atoms with E-state index >= 15 is 0 Å². The van der Waals surface area contributed by atoms with Crippen LogP contribution in [0, 0.1) is 5.82 Å². The fourth-order valence-electron chi connectivity index (χ4n) is 2.57. The van der Waals surface area contributed by atoms with Crippen molar-refractivity contribution >= 4 is 11.8 Å². The molecule has 0 aliphatic carbocycles. The summed E-state index contributed by atoms with van der Waals surface area (Å²) >= 11 is 1.85. The van der Waals surface area contributed by atoms with Gasteiger partial charge in [0.2, 0.25) is 0 Å². The zero-order chi connectivity index (χ0) is 14.8. The average Bonchev–Trinajstić information content (AvgIpc) is 2.88. The molecule has 4 heteroatoms. The lowest BCUT2D eigenvalue weighted by Crippen LogP contribution is -2.13. The number of thioether (sulfide) groups is 1. The van der Waals surface area contributed by atoms with Crippen LogP contribution in [0.4, 0.5) is 4.39 Å². The van der Waals surface area contributed by atoms with Crippen molar-refractivity contribution < 1.29 is 9.13 Å². The zero-order valence-corrected chi connectivity index (χ0v) is 12.7. The van der Waals surface area contributed by atoms with Gasteiger partial charge in [-0.1, -0.05) is 24.3 Å². The molecule has 1 aliphatic rings. The van der Waals surface area contributed by atoms with E-state index in [1.165, 1.54) is 22.6 Å². The summed E-state index contributed by atoms with van der Waals surface area (Å²) in [5.74, 6) is 1.60. The van der Waals surface area contributed by atoms with E-state index in [-0.39, 0.29) is 11.9 Å². The van der Waals surface area contributed by atoms with Gasteiger partial charge in [0.25, 0.3) is 0 Å². The van der Waals surface area contributed by atoms with Crippen LogP contribution in [-0.4, -0.2) is 12.4 Å². The minimum Gasteiger partial charge on any atom is -0.492 e. The SMILES string of the molecule is C[C@H](N)c1ccc(F)cc1OCC1CSc2ccccc21. The Balaban J connectivity index is 1.76. The topological polar surface area (TPSA) is 35.2 Å². The zero-order valence-electron chi connectivity index (χ0n) is 11.9. The molecule has 110 valence electrons. The third-order valence-corrected chi connectivity index (χ3v) is 4.96. The van der Waals surface area contributed by atoms with Crippen LogP contribution < -0.4 is 10.5 Å². The van der Waals surface area contributed by atoms with Crippen LogP contribution in [0.2, 0.25) is 0 Å². The molecule has 0 fully saturated rings. The molecule has 2 N–H and O–H groups in total. The van der Waals surface area contributed by atoms with Gasteiger partial charge in [0.15, 0.2) is 0 Å². The molecule has 0 aromatic heterocycles. The van der Waals surface area contributed by atoms with Gasteiger partial charge in [0, 0.05) is 34.2 Å². The van der Waals surface area contributed by atoms with Gasteiger partial charge >= 0.3 is 0 Å². The molecule has 2 nitrogen and oxygen atoms in total. The van der Waals surface area contributed by atoms with Crippen LogP contribution in [0.5, 0.6) is 5.75 Å². The highest BCUT2D eigenvalue weighted by Gasteiger charge is 2.23. The van der Waals surface area contributed by atoms with Crippen LogP contribution in [0.15, 0.2) is 47.4 Å². The Kier molecular flexibility index (Phi) is 4.17. The maximum absolute atomic E-state index is 13.4. The summed E-state index contributed by atoms with van der Waals surface area (Å²) in [6.45, 7) is 2.42. The van der Waals surface area contributed by atoms with Gasteiger partial charge in [-0.25, -0.2) is 4.39 Å². The Hall–Kier alpha value is -1.52. The first-order chi connectivity index (χ1) is 10.1. The fraction of sp³-hybridized carbons (Fsp3) is 0.294. The standard InChI is InChI=1S/C17H18FNOS/c1-11(19)14-7-6-13(18)8-16(14)20-9-12-10-21-17-5-3-2-4-15(12)17/h2-8,11-12H,9-10,19H2,1H3/t11-,12?/m0/s1. The highest BCUT2D eigenvalue weighted by molar-refractivity contribution is 7.99. The lowest BCUT2D eigenvalue weighted by atomic mass is 10.0. The molecule has 1 unspecified atom stereocenters. The van der Waals surface area contributed by atoms with Crippen LogP contribution >= 0.6 is 11.8 Å². The van der Waals surface area contributed by atoms with Crippen LogP contribution in [0.25, 0.3) is 0 Å². The van der Waals surface area contributed by atoms with Gasteiger partial charge in [-0.15, -0.1) is 11.8 Å². The smallest absolute Gasteiger partial charge is 0.126 e. The predicted molar refractivity (Wildman–Crippen MR) is 84.4 cm³/mol. The van der Waals surface area contributed by atoms with E-state index in [0.717, 1.165) is 11.3 Å². The summed E-state index contributed by atoms with van der Waals surface area (Å²) in [4.78, 5) is 1.32. The Labute approximate surface area is 128 Å². The van der Waals surface area contributed by atoms with Gasteiger partial charge in [0.1, 0.15) is 11.6 Å². The number of hydrogen-bond acceptors (Lipinski definition) is 3. The minimum absolute atomic E-state index is 0.175. The number of benzene rings is 2. The quantitative estimate of drug-likeness (QED) is 0.923. The van der Waals surface area contributed by atoms with E-state index in [9.17, 15) is 4.39 Å². The number of nitrogens with two attached hydrogens (primary N) is 1. The molecular formula is C17H18FNOS. The van der Waals surface area contributed by atoms with Gasteiger partial charge in [0.05, 0.1) is 6.61 Å². The Bertz CT molecular complexity index is 644. The fourth-order valence-corrected chi connectivity index (χ4v) is 3.80. The summed E-state index contributed by atoms with van der Waals surface area (Å²) in [5.41, 5.74) is 8.08. The van der Waals surface area contributed by atoms with E-state index in [0.29, 0.717) is 18.3 Å². The number of ether oxygens (including phenoxy) is 1. The maximum Gasteiger partial charge on any atom is 0.126 e. The molecule has 0 saturated carbocycles. The summed E-state index contributed by atoms with van der Waals surface area (Å²) in [6.07, 6.45) is 0. The molecule has 0 radical (unpaired) electrons. The largest absolute Gasteiger partial charge is 0.492 e. The summed E-state index contributed by atoms with van der Waals surface area (Å²) < 4.78 is 19.3. The molecule has 2 aromatic rings. The molecule has 0 amide bonds. The first-order valence-electron chi connectivity index (χ1n) is 7.04. The van der Waals surface area contributed by atoms with Crippen LogP contribution in [0.1, 0.15) is 30.0 Å². The van der Waals surface area contributed by atoms with Crippen molar-refractivity contribution in [2.24, 2.45) is 5.73 Å². The lowest BCUT2D eigenvalue weighted by Gasteiger charge is -2.17. The second-order valence-corrected chi connectivity index (χ2v) is 6.39. The molecule has 1 aliphatic heterocycles. The van der Waals surface area contributed by atoms with Crippen molar-refractivity contribution in [1.29, 1.82) is 0 Å². The number of rotatable bonds is 4. The molecule has 0 saturated heterocycles. The van der Waals surface area contributed by atoms with Crippen molar-refractivity contribution in [2.45, 2.75) is 23.8 Å². The molecule has 1 heterocycles. The van der Waals surface area contributed by atoms with Crippen molar-refractivity contribution in [2.75, 3.05) is 12.4 Å². The average molecular weight is 303 g/mol. The number of hydrogen-bond donors (Lipinski definition) is 1. The van der Waals surface area contributed by atoms with Crippen LogP contribution in [0.3, 0.4) is 0 Å². The molecule has 0 bridgehead atoms. The van der Waals surface area contributed by atoms with E-state index < -0.39 is 0 Å². The number of halogens is 1. The highest BCUT2D eigenvalue weighted by atomic mass is 32.2. The molecule has 2 atom stereocenters. The predicted octanol–water partition coefficient (Wildman–Crippen LogP) is 4.11. The Morgan fingerprint density at radius 2 is 2.14 bits per heavy atom. The molecule has 3 rings (SSSR count). The third kappa shape index (κ3) is 3.06.